The van der Waals surface area contributed by atoms with Gasteiger partial charge in [0.2, 0.25) is 0 Å². The summed E-state index contributed by atoms with van der Waals surface area (Å²) < 4.78 is 0. The maximum atomic E-state index is 12.5. The molecule has 0 bridgehead atoms. The molecule has 0 aromatic carbocycles. The highest BCUT2D eigenvalue weighted by Gasteiger charge is 2.62. The Morgan fingerprint density at radius 1 is 1.21 bits per heavy atom. The minimum Gasteiger partial charge on any atom is -0.327 e. The van der Waals surface area contributed by atoms with E-state index >= 15 is 0 Å². The number of hydrogen-bond acceptors (Lipinski definition) is 3. The van der Waals surface area contributed by atoms with Gasteiger partial charge in [-0.15, -0.1) is 0 Å². The normalized spacial score (nSPS) is 37.8. The molecule has 5 rings (SSSR count). The minimum absolute atomic E-state index is 0.0816. The molecule has 0 aromatic rings. The summed E-state index contributed by atoms with van der Waals surface area (Å²) in [5.74, 6) is 0. The van der Waals surface area contributed by atoms with Gasteiger partial charge in [0.25, 0.3) is 0 Å². The first-order valence-electron chi connectivity index (χ1n) is 9.14. The maximum Gasteiger partial charge on any atom is 0.320 e. The van der Waals surface area contributed by atoms with Crippen molar-refractivity contribution in [3.8, 4) is 0 Å². The fourth-order valence-electron chi connectivity index (χ4n) is 5.40. The van der Waals surface area contributed by atoms with E-state index in [9.17, 15) is 4.79 Å². The maximum absolute atomic E-state index is 12.5. The predicted octanol–water partition coefficient (Wildman–Crippen LogP) is 4.10. The van der Waals surface area contributed by atoms with Gasteiger partial charge < -0.3 is 14.7 Å². The average molecular weight is 343 g/mol. The Bertz CT molecular complexity index is 711. The minimum atomic E-state index is -0.0816. The van der Waals surface area contributed by atoms with Crippen molar-refractivity contribution in [1.82, 2.24) is 14.7 Å². The Morgan fingerprint density at radius 3 is 2.88 bits per heavy atom. The van der Waals surface area contributed by atoms with E-state index in [0.717, 1.165) is 25.8 Å². The lowest BCUT2D eigenvalue weighted by Gasteiger charge is -2.44. The van der Waals surface area contributed by atoms with Gasteiger partial charge in [-0.25, -0.2) is 4.79 Å². The molecule has 4 aliphatic heterocycles. The van der Waals surface area contributed by atoms with Crippen LogP contribution < -0.4 is 0 Å². The van der Waals surface area contributed by atoms with Crippen molar-refractivity contribution in [1.29, 1.82) is 0 Å². The molecule has 0 N–H and O–H groups in total. The number of amides is 2. The summed E-state index contributed by atoms with van der Waals surface area (Å²) in [6.07, 6.45) is 15.4. The van der Waals surface area contributed by atoms with Crippen LogP contribution in [0.3, 0.4) is 0 Å². The van der Waals surface area contributed by atoms with E-state index in [1.807, 2.05) is 35.7 Å². The largest absolute Gasteiger partial charge is 0.327 e. The summed E-state index contributed by atoms with van der Waals surface area (Å²) in [4.78, 5) is 20.3. The molecule has 0 radical (unpaired) electrons. The summed E-state index contributed by atoms with van der Waals surface area (Å²) in [6.45, 7) is 0.842. The van der Waals surface area contributed by atoms with E-state index in [2.05, 4.69) is 23.4 Å². The summed E-state index contributed by atoms with van der Waals surface area (Å²) in [6, 6.07) is 0.171. The van der Waals surface area contributed by atoms with Gasteiger partial charge in [0.15, 0.2) is 0 Å². The molecule has 3 fully saturated rings. The van der Waals surface area contributed by atoms with Crippen LogP contribution in [0.4, 0.5) is 4.79 Å². The molecule has 2 amide bonds. The number of likely N-dealkylation sites (N-methyl/N-ethyl adjacent to an activating group) is 2. The fourth-order valence-corrected chi connectivity index (χ4v) is 7.40. The lowest BCUT2D eigenvalue weighted by atomic mass is 9.65. The van der Waals surface area contributed by atoms with Crippen molar-refractivity contribution in [2.75, 3.05) is 20.6 Å². The zero-order valence-electron chi connectivity index (χ0n) is 14.5. The summed E-state index contributed by atoms with van der Waals surface area (Å²) >= 11 is 2.01. The summed E-state index contributed by atoms with van der Waals surface area (Å²) in [5, 5.41) is 0. The van der Waals surface area contributed by atoms with E-state index in [0.29, 0.717) is 0 Å². The van der Waals surface area contributed by atoms with Crippen LogP contribution >= 0.6 is 11.8 Å². The Balaban J connectivity index is 1.66. The second-order valence-electron chi connectivity index (χ2n) is 7.97. The molecule has 1 saturated carbocycles. The zero-order chi connectivity index (χ0) is 16.5. The van der Waals surface area contributed by atoms with E-state index in [-0.39, 0.29) is 16.3 Å². The van der Waals surface area contributed by atoms with Gasteiger partial charge in [0.05, 0.1) is 6.54 Å². The molecule has 2 atom stereocenters. The first-order valence-corrected chi connectivity index (χ1v) is 9.95. The third-order valence-corrected chi connectivity index (χ3v) is 8.37. The van der Waals surface area contributed by atoms with E-state index in [4.69, 9.17) is 0 Å². The van der Waals surface area contributed by atoms with Crippen molar-refractivity contribution in [2.45, 2.75) is 49.8 Å². The lowest BCUT2D eigenvalue weighted by molar-refractivity contribution is 0.186. The van der Waals surface area contributed by atoms with Crippen molar-refractivity contribution in [2.24, 2.45) is 5.41 Å². The number of fused-ring (bicyclic) bond motifs is 1. The number of carbonyl (C=O) groups excluding carboxylic acids is 1. The van der Waals surface area contributed by atoms with E-state index < -0.39 is 0 Å². The van der Waals surface area contributed by atoms with Crippen molar-refractivity contribution in [3.63, 3.8) is 0 Å². The van der Waals surface area contributed by atoms with Gasteiger partial charge in [-0.2, -0.15) is 0 Å². The van der Waals surface area contributed by atoms with Gasteiger partial charge >= 0.3 is 6.03 Å². The molecule has 1 aliphatic carbocycles. The first-order chi connectivity index (χ1) is 11.6. The number of allylic oxidation sites excluding steroid dienone is 4. The molecule has 5 heteroatoms. The van der Waals surface area contributed by atoms with Gasteiger partial charge in [-0.3, -0.25) is 0 Å². The smallest absolute Gasteiger partial charge is 0.320 e. The number of hydrogen-bond donors (Lipinski definition) is 0. The Morgan fingerprint density at radius 2 is 2.08 bits per heavy atom. The van der Waals surface area contributed by atoms with Crippen molar-refractivity contribution in [3.05, 3.63) is 34.7 Å². The molecule has 0 aromatic heterocycles. The number of rotatable bonds is 0. The van der Waals surface area contributed by atoms with Crippen LogP contribution in [0.5, 0.6) is 0 Å². The van der Waals surface area contributed by atoms with Crippen LogP contribution in [0.15, 0.2) is 34.7 Å². The highest BCUT2D eigenvalue weighted by Crippen LogP contribution is 2.68. The second-order valence-corrected chi connectivity index (χ2v) is 9.35. The molecular formula is C19H25N3OS. The summed E-state index contributed by atoms with van der Waals surface area (Å²) in [7, 11) is 3.95. The number of carbonyl (C=O) groups is 1. The molecule has 4 nitrogen and oxygen atoms in total. The molecule has 4 heterocycles. The van der Waals surface area contributed by atoms with Gasteiger partial charge in [-0.05, 0) is 44.1 Å². The Labute approximate surface area is 148 Å². The molecule has 128 valence electrons. The Hall–Kier alpha value is -1.36. The van der Waals surface area contributed by atoms with Crippen LogP contribution in [0, 0.1) is 5.41 Å². The third kappa shape index (κ3) is 1.74. The van der Waals surface area contributed by atoms with Gasteiger partial charge in [0, 0.05) is 42.5 Å². The fraction of sp³-hybridized carbons (Fsp3) is 0.632. The van der Waals surface area contributed by atoms with Crippen molar-refractivity contribution >= 4 is 17.8 Å². The molecule has 2 unspecified atom stereocenters. The molecule has 2 spiro atoms. The highest BCUT2D eigenvalue weighted by atomic mass is 32.2. The monoisotopic (exact) mass is 343 g/mol. The quantitative estimate of drug-likeness (QED) is 0.663. The van der Waals surface area contributed by atoms with Crippen LogP contribution in [0.2, 0.25) is 0 Å². The van der Waals surface area contributed by atoms with E-state index in [1.165, 1.54) is 31.4 Å². The van der Waals surface area contributed by atoms with Crippen LogP contribution in [0.1, 0.15) is 44.9 Å². The molecule has 5 aliphatic rings. The molecule has 24 heavy (non-hydrogen) atoms. The van der Waals surface area contributed by atoms with Crippen LogP contribution in [-0.2, 0) is 0 Å². The average Bonchev–Trinajstić information content (AvgIpc) is 3.02. The van der Waals surface area contributed by atoms with Crippen LogP contribution in [-0.4, -0.2) is 46.2 Å². The molecule has 2 saturated heterocycles. The first kappa shape index (κ1) is 14.9. The van der Waals surface area contributed by atoms with E-state index in [1.54, 1.807) is 10.5 Å². The van der Waals surface area contributed by atoms with Gasteiger partial charge in [0.1, 0.15) is 4.87 Å². The second kappa shape index (κ2) is 4.84. The zero-order valence-corrected chi connectivity index (χ0v) is 15.4. The Kier molecular flexibility index (Phi) is 3.01. The highest BCUT2D eigenvalue weighted by molar-refractivity contribution is 8.04. The SMILES string of the molecule is CN1CC2(CC34CCCCC3=CN3C=CCCC3=C4S2)N(C)C1=O. The topological polar surface area (TPSA) is 26.8 Å². The van der Waals surface area contributed by atoms with Crippen LogP contribution in [0.25, 0.3) is 0 Å². The summed E-state index contributed by atoms with van der Waals surface area (Å²) in [5.41, 5.74) is 3.32. The third-order valence-electron chi connectivity index (χ3n) is 6.61. The standard InChI is InChI=1S/C19H25N3OS/c1-20-13-19(21(2)17(20)23)12-18-9-5-3-7-14(18)11-22-10-6-4-8-15(22)16(18)24-19/h6,10-11H,3-5,7-9,12-13H2,1-2H3. The predicted molar refractivity (Wildman–Crippen MR) is 97.0 cm³/mol. The van der Waals surface area contributed by atoms with Gasteiger partial charge in [-0.1, -0.05) is 24.3 Å². The number of urea groups is 1. The lowest BCUT2D eigenvalue weighted by Crippen LogP contribution is -2.42. The number of thioether (sulfide) groups is 1. The van der Waals surface area contributed by atoms with Crippen molar-refractivity contribution < 1.29 is 4.79 Å². The number of nitrogens with zero attached hydrogens (tertiary/aromatic N) is 3. The molecular weight excluding hydrogens is 318 g/mol.